The van der Waals surface area contributed by atoms with Crippen molar-refractivity contribution in [2.24, 2.45) is 0 Å². The van der Waals surface area contributed by atoms with E-state index in [1.165, 1.54) is 18.0 Å². The molecule has 0 aliphatic carbocycles. The first-order chi connectivity index (χ1) is 12.6. The second-order valence-corrected chi connectivity index (χ2v) is 6.52. The summed E-state index contributed by atoms with van der Waals surface area (Å²) < 4.78 is 11.0. The highest BCUT2D eigenvalue weighted by Crippen LogP contribution is 2.31. The maximum absolute atomic E-state index is 12.3. The van der Waals surface area contributed by atoms with Gasteiger partial charge in [-0.1, -0.05) is 17.8 Å². The molecule has 2 heterocycles. The first-order valence-electron chi connectivity index (χ1n) is 7.84. The lowest BCUT2D eigenvalue weighted by Gasteiger charge is -2.21. The van der Waals surface area contributed by atoms with Gasteiger partial charge in [0, 0.05) is 13.6 Å². The summed E-state index contributed by atoms with van der Waals surface area (Å²) >= 11 is 1.18. The van der Waals surface area contributed by atoms with Crippen LogP contribution in [0.1, 0.15) is 11.1 Å². The monoisotopic (exact) mass is 371 g/mol. The maximum Gasteiger partial charge on any atom is 0.233 e. The Labute approximate surface area is 154 Å². The van der Waals surface area contributed by atoms with Crippen LogP contribution in [0.2, 0.25) is 0 Å². The van der Waals surface area contributed by atoms with E-state index < -0.39 is 0 Å². The van der Waals surface area contributed by atoms with Crippen LogP contribution in [0, 0.1) is 11.3 Å². The molecule has 2 aromatic rings. The van der Waals surface area contributed by atoms with Crippen LogP contribution >= 0.6 is 11.8 Å². The van der Waals surface area contributed by atoms with E-state index in [1.807, 2.05) is 24.3 Å². The van der Waals surface area contributed by atoms with Gasteiger partial charge in [0.25, 0.3) is 0 Å². The summed E-state index contributed by atoms with van der Waals surface area (Å²) in [5.74, 6) is 1.64. The van der Waals surface area contributed by atoms with Gasteiger partial charge >= 0.3 is 0 Å². The van der Waals surface area contributed by atoms with E-state index in [-0.39, 0.29) is 23.0 Å². The standard InChI is InChI=1S/C17H17N5O3S/c1-22(9-11-2-3-13-14(6-11)25-5-4-24-13)15(23)10-26-17-20-8-12(7-18)16(19)21-17/h2-3,6,8H,4-5,9-10H2,1H3,(H2,19,20,21). The average molecular weight is 371 g/mol. The van der Waals surface area contributed by atoms with Crippen molar-refractivity contribution >= 4 is 23.5 Å². The van der Waals surface area contributed by atoms with Crippen molar-refractivity contribution in [2.45, 2.75) is 11.7 Å². The van der Waals surface area contributed by atoms with Crippen LogP contribution in [-0.2, 0) is 11.3 Å². The molecule has 0 saturated carbocycles. The Bertz CT molecular complexity index is 868. The van der Waals surface area contributed by atoms with E-state index >= 15 is 0 Å². The van der Waals surface area contributed by atoms with Crippen LogP contribution in [0.4, 0.5) is 5.82 Å². The lowest BCUT2D eigenvalue weighted by atomic mass is 10.2. The zero-order valence-corrected chi connectivity index (χ0v) is 15.0. The van der Waals surface area contributed by atoms with Crippen LogP contribution in [0.25, 0.3) is 0 Å². The molecule has 1 amide bonds. The highest BCUT2D eigenvalue weighted by atomic mass is 32.2. The minimum atomic E-state index is -0.0728. The number of anilines is 1. The number of nitrogens with zero attached hydrogens (tertiary/aromatic N) is 4. The molecule has 8 nitrogen and oxygen atoms in total. The second kappa shape index (κ2) is 7.93. The van der Waals surface area contributed by atoms with Crippen LogP contribution in [0.15, 0.2) is 29.6 Å². The van der Waals surface area contributed by atoms with Gasteiger partial charge < -0.3 is 20.1 Å². The molecule has 1 aliphatic heterocycles. The number of hydrogen-bond donors (Lipinski definition) is 1. The highest BCUT2D eigenvalue weighted by molar-refractivity contribution is 7.99. The number of carbonyl (C=O) groups excluding carboxylic acids is 1. The third kappa shape index (κ3) is 4.15. The topological polar surface area (TPSA) is 114 Å². The van der Waals surface area contributed by atoms with Crippen molar-refractivity contribution in [3.8, 4) is 17.6 Å². The molecule has 26 heavy (non-hydrogen) atoms. The molecule has 0 radical (unpaired) electrons. The number of nitrogens with two attached hydrogens (primary N) is 1. The Morgan fingerprint density at radius 1 is 1.38 bits per heavy atom. The summed E-state index contributed by atoms with van der Waals surface area (Å²) in [6.45, 7) is 1.52. The number of carbonyl (C=O) groups is 1. The Morgan fingerprint density at radius 3 is 2.88 bits per heavy atom. The molecular formula is C17H17N5O3S. The Kier molecular flexibility index (Phi) is 5.43. The molecule has 0 saturated heterocycles. The molecule has 134 valence electrons. The lowest BCUT2D eigenvalue weighted by molar-refractivity contribution is -0.127. The fourth-order valence-electron chi connectivity index (χ4n) is 2.32. The first kappa shape index (κ1) is 17.8. The Hall–Kier alpha value is -2.99. The van der Waals surface area contributed by atoms with E-state index in [0.29, 0.717) is 30.7 Å². The molecule has 1 aromatic carbocycles. The quantitative estimate of drug-likeness (QED) is 0.620. The van der Waals surface area contributed by atoms with Gasteiger partial charge in [0.05, 0.1) is 11.9 Å². The summed E-state index contributed by atoms with van der Waals surface area (Å²) in [7, 11) is 1.73. The summed E-state index contributed by atoms with van der Waals surface area (Å²) in [5, 5.41) is 9.18. The number of ether oxygens (including phenoxy) is 2. The van der Waals surface area contributed by atoms with Gasteiger partial charge in [0.2, 0.25) is 5.91 Å². The predicted octanol–water partition coefficient (Wildman–Crippen LogP) is 1.45. The van der Waals surface area contributed by atoms with E-state index in [0.717, 1.165) is 11.3 Å². The minimum absolute atomic E-state index is 0.0728. The number of nitrogen functional groups attached to an aromatic ring is 1. The molecule has 1 aliphatic rings. The third-order valence-electron chi connectivity index (χ3n) is 3.69. The van der Waals surface area contributed by atoms with Gasteiger partial charge in [-0.25, -0.2) is 9.97 Å². The molecule has 2 N–H and O–H groups in total. The fraction of sp³-hybridized carbons (Fsp3) is 0.294. The SMILES string of the molecule is CN(Cc1ccc2c(c1)OCCO2)C(=O)CSc1ncc(C#N)c(N)n1. The molecule has 0 unspecified atom stereocenters. The van der Waals surface area contributed by atoms with Crippen molar-refractivity contribution in [1.82, 2.24) is 14.9 Å². The van der Waals surface area contributed by atoms with Gasteiger partial charge in [0.1, 0.15) is 30.7 Å². The van der Waals surface area contributed by atoms with Crippen molar-refractivity contribution in [3.63, 3.8) is 0 Å². The van der Waals surface area contributed by atoms with Gasteiger partial charge in [-0.15, -0.1) is 0 Å². The number of hydrogen-bond acceptors (Lipinski definition) is 8. The van der Waals surface area contributed by atoms with Crippen LogP contribution in [0.5, 0.6) is 11.5 Å². The zero-order chi connectivity index (χ0) is 18.5. The molecule has 0 bridgehead atoms. The van der Waals surface area contributed by atoms with E-state index in [9.17, 15) is 4.79 Å². The number of nitriles is 1. The van der Waals surface area contributed by atoms with Gasteiger partial charge in [-0.05, 0) is 17.7 Å². The van der Waals surface area contributed by atoms with Crippen LogP contribution in [0.3, 0.4) is 0 Å². The summed E-state index contributed by atoms with van der Waals surface area (Å²) in [5.41, 5.74) is 6.82. The van der Waals surface area contributed by atoms with Gasteiger partial charge in [-0.2, -0.15) is 5.26 Å². The molecule has 0 spiro atoms. The van der Waals surface area contributed by atoms with Crippen molar-refractivity contribution in [1.29, 1.82) is 5.26 Å². The average Bonchev–Trinajstić information content (AvgIpc) is 2.66. The fourth-order valence-corrected chi connectivity index (χ4v) is 3.08. The molecule has 0 fully saturated rings. The second-order valence-electron chi connectivity index (χ2n) is 5.58. The molecule has 1 aromatic heterocycles. The van der Waals surface area contributed by atoms with Gasteiger partial charge in [-0.3, -0.25) is 4.79 Å². The summed E-state index contributed by atoms with van der Waals surface area (Å²) in [4.78, 5) is 22.0. The molecule has 3 rings (SSSR count). The molecule has 9 heteroatoms. The lowest BCUT2D eigenvalue weighted by Crippen LogP contribution is -2.28. The number of benzene rings is 1. The van der Waals surface area contributed by atoms with Crippen LogP contribution in [-0.4, -0.2) is 46.8 Å². The first-order valence-corrected chi connectivity index (χ1v) is 8.83. The van der Waals surface area contributed by atoms with Gasteiger partial charge in [0.15, 0.2) is 16.7 Å². The Morgan fingerprint density at radius 2 is 2.15 bits per heavy atom. The predicted molar refractivity (Wildman–Crippen MR) is 95.8 cm³/mol. The highest BCUT2D eigenvalue weighted by Gasteiger charge is 2.15. The Balaban J connectivity index is 1.56. The minimum Gasteiger partial charge on any atom is -0.486 e. The van der Waals surface area contributed by atoms with E-state index in [4.69, 9.17) is 20.5 Å². The number of aromatic nitrogens is 2. The van der Waals surface area contributed by atoms with Crippen molar-refractivity contribution in [3.05, 3.63) is 35.5 Å². The number of rotatable bonds is 5. The molecular weight excluding hydrogens is 354 g/mol. The summed E-state index contributed by atoms with van der Waals surface area (Å²) in [6, 6.07) is 7.55. The van der Waals surface area contributed by atoms with Crippen molar-refractivity contribution < 1.29 is 14.3 Å². The third-order valence-corrected chi connectivity index (χ3v) is 4.54. The maximum atomic E-state index is 12.3. The van der Waals surface area contributed by atoms with E-state index in [2.05, 4.69) is 9.97 Å². The van der Waals surface area contributed by atoms with E-state index in [1.54, 1.807) is 11.9 Å². The zero-order valence-electron chi connectivity index (χ0n) is 14.1. The number of fused-ring (bicyclic) bond motifs is 1. The molecule has 0 atom stereocenters. The summed E-state index contributed by atoms with van der Waals surface area (Å²) in [6.07, 6.45) is 1.36. The number of thioether (sulfide) groups is 1. The normalized spacial score (nSPS) is 12.3. The smallest absolute Gasteiger partial charge is 0.233 e. The van der Waals surface area contributed by atoms with Crippen LogP contribution < -0.4 is 15.2 Å². The largest absolute Gasteiger partial charge is 0.486 e. The number of amides is 1. The van der Waals surface area contributed by atoms with Crippen molar-refractivity contribution in [2.75, 3.05) is 31.7 Å².